The number of aliphatic hydroxyl groups is 1. The van der Waals surface area contributed by atoms with Crippen molar-refractivity contribution in [2.75, 3.05) is 6.54 Å². The lowest BCUT2D eigenvalue weighted by molar-refractivity contribution is 0.173. The molecule has 0 fully saturated rings. The van der Waals surface area contributed by atoms with Gasteiger partial charge in [-0.2, -0.15) is 5.10 Å². The number of aryl methyl sites for hydroxylation is 1. The van der Waals surface area contributed by atoms with Gasteiger partial charge in [0, 0.05) is 37.5 Å². The van der Waals surface area contributed by atoms with E-state index in [4.69, 9.17) is 0 Å². The third-order valence-electron chi connectivity index (χ3n) is 4.55. The molecule has 0 aliphatic heterocycles. The Bertz CT molecular complexity index is 797. The largest absolute Gasteiger partial charge is 0.393 e. The SMILES string of the molecule is CC(O)CC(CNCc1cn(C)nc1-c1ccccc1)c1ccccc1. The zero-order chi connectivity index (χ0) is 18.4. The topological polar surface area (TPSA) is 50.1 Å². The molecular formula is C22H27N3O. The van der Waals surface area contributed by atoms with E-state index in [1.54, 1.807) is 0 Å². The van der Waals surface area contributed by atoms with E-state index >= 15 is 0 Å². The summed E-state index contributed by atoms with van der Waals surface area (Å²) in [4.78, 5) is 0. The van der Waals surface area contributed by atoms with Crippen LogP contribution in [0.3, 0.4) is 0 Å². The van der Waals surface area contributed by atoms with Crippen LogP contribution in [0.2, 0.25) is 0 Å². The van der Waals surface area contributed by atoms with Gasteiger partial charge >= 0.3 is 0 Å². The van der Waals surface area contributed by atoms with Gasteiger partial charge in [0.1, 0.15) is 0 Å². The molecule has 0 saturated heterocycles. The summed E-state index contributed by atoms with van der Waals surface area (Å²) in [5.41, 5.74) is 4.60. The summed E-state index contributed by atoms with van der Waals surface area (Å²) in [6.07, 6.45) is 2.50. The molecule has 3 aromatic rings. The van der Waals surface area contributed by atoms with Gasteiger partial charge < -0.3 is 10.4 Å². The molecule has 2 unspecified atom stereocenters. The molecule has 0 aliphatic carbocycles. The van der Waals surface area contributed by atoms with Gasteiger partial charge in [0.05, 0.1) is 11.8 Å². The first kappa shape index (κ1) is 18.4. The van der Waals surface area contributed by atoms with Crippen molar-refractivity contribution < 1.29 is 5.11 Å². The zero-order valence-electron chi connectivity index (χ0n) is 15.5. The molecule has 0 bridgehead atoms. The van der Waals surface area contributed by atoms with E-state index in [1.807, 2.05) is 42.9 Å². The van der Waals surface area contributed by atoms with E-state index in [0.29, 0.717) is 0 Å². The Balaban J connectivity index is 1.69. The fraction of sp³-hybridized carbons (Fsp3) is 0.318. The third kappa shape index (κ3) is 4.81. The zero-order valence-corrected chi connectivity index (χ0v) is 15.5. The summed E-state index contributed by atoms with van der Waals surface area (Å²) in [6.45, 7) is 3.42. The predicted octanol–water partition coefficient (Wildman–Crippen LogP) is 3.73. The Labute approximate surface area is 155 Å². The van der Waals surface area contributed by atoms with Crippen LogP contribution in [-0.2, 0) is 13.6 Å². The Morgan fingerprint density at radius 3 is 2.35 bits per heavy atom. The number of nitrogens with one attached hydrogen (secondary N) is 1. The van der Waals surface area contributed by atoms with Crippen molar-refractivity contribution in [3.63, 3.8) is 0 Å². The highest BCUT2D eigenvalue weighted by molar-refractivity contribution is 5.62. The lowest BCUT2D eigenvalue weighted by Crippen LogP contribution is -2.24. The maximum absolute atomic E-state index is 9.86. The molecule has 1 heterocycles. The van der Waals surface area contributed by atoms with Crippen molar-refractivity contribution >= 4 is 0 Å². The summed E-state index contributed by atoms with van der Waals surface area (Å²) in [5, 5.41) is 18.0. The van der Waals surface area contributed by atoms with Crippen LogP contribution in [0.25, 0.3) is 11.3 Å². The molecule has 0 aliphatic rings. The second-order valence-corrected chi connectivity index (χ2v) is 6.87. The van der Waals surface area contributed by atoms with Crippen LogP contribution >= 0.6 is 0 Å². The fourth-order valence-corrected chi connectivity index (χ4v) is 3.36. The normalized spacial score (nSPS) is 13.5. The van der Waals surface area contributed by atoms with Gasteiger partial charge in [-0.1, -0.05) is 60.7 Å². The highest BCUT2D eigenvalue weighted by Gasteiger charge is 2.15. The molecule has 0 amide bonds. The van der Waals surface area contributed by atoms with Crippen LogP contribution < -0.4 is 5.32 Å². The second kappa shape index (κ2) is 8.79. The third-order valence-corrected chi connectivity index (χ3v) is 4.55. The van der Waals surface area contributed by atoms with Gasteiger partial charge in [-0.25, -0.2) is 0 Å². The van der Waals surface area contributed by atoms with Crippen LogP contribution in [0, 0.1) is 0 Å². The first-order valence-electron chi connectivity index (χ1n) is 9.15. The average Bonchev–Trinajstić information content (AvgIpc) is 3.03. The molecule has 26 heavy (non-hydrogen) atoms. The van der Waals surface area contributed by atoms with Gasteiger partial charge in [-0.05, 0) is 24.8 Å². The molecule has 2 N–H and O–H groups in total. The Morgan fingerprint density at radius 2 is 1.69 bits per heavy atom. The van der Waals surface area contributed by atoms with Gasteiger partial charge in [0.25, 0.3) is 0 Å². The molecule has 2 atom stereocenters. The van der Waals surface area contributed by atoms with Crippen molar-refractivity contribution in [2.24, 2.45) is 7.05 Å². The first-order valence-corrected chi connectivity index (χ1v) is 9.15. The second-order valence-electron chi connectivity index (χ2n) is 6.87. The molecule has 0 radical (unpaired) electrons. The Morgan fingerprint density at radius 1 is 1.04 bits per heavy atom. The number of aromatic nitrogens is 2. The minimum atomic E-state index is -0.319. The number of hydrogen-bond acceptors (Lipinski definition) is 3. The highest BCUT2D eigenvalue weighted by Crippen LogP contribution is 2.23. The Kier molecular flexibility index (Phi) is 6.21. The van der Waals surface area contributed by atoms with Crippen molar-refractivity contribution in [1.29, 1.82) is 0 Å². The van der Waals surface area contributed by atoms with Crippen molar-refractivity contribution in [2.45, 2.75) is 31.9 Å². The van der Waals surface area contributed by atoms with Gasteiger partial charge in [0.15, 0.2) is 0 Å². The number of rotatable bonds is 8. The van der Waals surface area contributed by atoms with Crippen LogP contribution in [0.1, 0.15) is 30.4 Å². The van der Waals surface area contributed by atoms with Crippen molar-refractivity contribution in [1.82, 2.24) is 15.1 Å². The number of hydrogen-bond donors (Lipinski definition) is 2. The van der Waals surface area contributed by atoms with Crippen LogP contribution in [-0.4, -0.2) is 27.5 Å². The average molecular weight is 349 g/mol. The van der Waals surface area contributed by atoms with Crippen LogP contribution in [0.15, 0.2) is 66.9 Å². The maximum atomic E-state index is 9.86. The summed E-state index contributed by atoms with van der Waals surface area (Å²) in [6, 6.07) is 20.7. The molecule has 0 spiro atoms. The van der Waals surface area contributed by atoms with E-state index in [0.717, 1.165) is 30.8 Å². The molecule has 3 rings (SSSR count). The standard InChI is InChI=1S/C22H27N3O/c1-17(26)13-20(18-9-5-3-6-10-18)14-23-15-21-16-25(2)24-22(21)19-11-7-4-8-12-19/h3-12,16-17,20,23,26H,13-15H2,1-2H3. The molecule has 4 heteroatoms. The minimum absolute atomic E-state index is 0.285. The van der Waals surface area contributed by atoms with Crippen LogP contribution in [0.4, 0.5) is 0 Å². The van der Waals surface area contributed by atoms with E-state index < -0.39 is 0 Å². The molecule has 2 aromatic carbocycles. The quantitative estimate of drug-likeness (QED) is 0.651. The molecule has 136 valence electrons. The number of benzene rings is 2. The lowest BCUT2D eigenvalue weighted by atomic mass is 9.93. The summed E-state index contributed by atoms with van der Waals surface area (Å²) in [5.74, 6) is 0.285. The highest BCUT2D eigenvalue weighted by atomic mass is 16.3. The summed E-state index contributed by atoms with van der Waals surface area (Å²) >= 11 is 0. The Hall–Kier alpha value is -2.43. The monoisotopic (exact) mass is 349 g/mol. The fourth-order valence-electron chi connectivity index (χ4n) is 3.36. The molecule has 1 aromatic heterocycles. The van der Waals surface area contributed by atoms with E-state index in [9.17, 15) is 5.11 Å². The predicted molar refractivity (Wildman–Crippen MR) is 106 cm³/mol. The van der Waals surface area contributed by atoms with Gasteiger partial charge in [-0.15, -0.1) is 0 Å². The number of aliphatic hydroxyl groups excluding tert-OH is 1. The van der Waals surface area contributed by atoms with Gasteiger partial charge in [0.2, 0.25) is 0 Å². The first-order chi connectivity index (χ1) is 12.6. The number of nitrogens with zero attached hydrogens (tertiary/aromatic N) is 2. The summed E-state index contributed by atoms with van der Waals surface area (Å²) in [7, 11) is 1.95. The van der Waals surface area contributed by atoms with Crippen LogP contribution in [0.5, 0.6) is 0 Å². The minimum Gasteiger partial charge on any atom is -0.393 e. The molecule has 0 saturated carbocycles. The molecule has 4 nitrogen and oxygen atoms in total. The summed E-state index contributed by atoms with van der Waals surface area (Å²) < 4.78 is 1.86. The van der Waals surface area contributed by atoms with E-state index in [1.165, 1.54) is 11.1 Å². The van der Waals surface area contributed by atoms with E-state index in [2.05, 4.69) is 53.0 Å². The van der Waals surface area contributed by atoms with Crippen molar-refractivity contribution in [3.8, 4) is 11.3 Å². The lowest BCUT2D eigenvalue weighted by Gasteiger charge is -2.19. The molecular weight excluding hydrogens is 322 g/mol. The van der Waals surface area contributed by atoms with Crippen molar-refractivity contribution in [3.05, 3.63) is 78.0 Å². The smallest absolute Gasteiger partial charge is 0.0967 e. The maximum Gasteiger partial charge on any atom is 0.0967 e. The van der Waals surface area contributed by atoms with Gasteiger partial charge in [-0.3, -0.25) is 4.68 Å². The van der Waals surface area contributed by atoms with E-state index in [-0.39, 0.29) is 12.0 Å².